The van der Waals surface area contributed by atoms with Crippen molar-refractivity contribution in [3.05, 3.63) is 23.5 Å². The third-order valence-corrected chi connectivity index (χ3v) is 3.11. The van der Waals surface area contributed by atoms with E-state index in [4.69, 9.17) is 4.74 Å². The second-order valence-corrected chi connectivity index (χ2v) is 4.45. The van der Waals surface area contributed by atoms with Crippen LogP contribution in [0.5, 0.6) is 5.75 Å². The van der Waals surface area contributed by atoms with Crippen molar-refractivity contribution in [3.8, 4) is 5.75 Å². The van der Waals surface area contributed by atoms with E-state index in [9.17, 15) is 0 Å². The minimum Gasteiger partial charge on any atom is -0.497 e. The maximum absolute atomic E-state index is 5.24. The highest BCUT2D eigenvalue weighted by Crippen LogP contribution is 2.13. The average molecular weight is 236 g/mol. The molecule has 3 heteroatoms. The highest BCUT2D eigenvalue weighted by Gasteiger charge is 2.04. The lowest BCUT2D eigenvalue weighted by molar-refractivity contribution is 0.411. The Morgan fingerprint density at radius 3 is 2.59 bits per heavy atom. The molecule has 1 N–H and O–H groups in total. The van der Waals surface area contributed by atoms with Crippen LogP contribution in [0.1, 0.15) is 38.1 Å². The van der Waals surface area contributed by atoms with Crippen molar-refractivity contribution < 1.29 is 4.74 Å². The zero-order valence-corrected chi connectivity index (χ0v) is 11.4. The van der Waals surface area contributed by atoms with E-state index in [0.717, 1.165) is 36.1 Å². The number of hydrogen-bond acceptors (Lipinski definition) is 3. The maximum Gasteiger partial charge on any atom is 0.122 e. The Bertz CT molecular complexity index is 335. The van der Waals surface area contributed by atoms with Gasteiger partial charge in [-0.15, -0.1) is 0 Å². The minimum absolute atomic E-state index is 0.765. The van der Waals surface area contributed by atoms with E-state index in [1.807, 2.05) is 19.1 Å². The minimum atomic E-state index is 0.765. The topological polar surface area (TPSA) is 34.1 Å². The Kier molecular flexibility index (Phi) is 5.98. The molecule has 96 valence electrons. The fourth-order valence-electron chi connectivity index (χ4n) is 1.89. The highest BCUT2D eigenvalue weighted by molar-refractivity contribution is 5.26. The monoisotopic (exact) mass is 236 g/mol. The van der Waals surface area contributed by atoms with Gasteiger partial charge in [0.2, 0.25) is 0 Å². The van der Waals surface area contributed by atoms with Crippen molar-refractivity contribution in [2.24, 2.45) is 5.92 Å². The molecule has 0 aliphatic carbocycles. The van der Waals surface area contributed by atoms with Gasteiger partial charge in [0.25, 0.3) is 0 Å². The third-order valence-electron chi connectivity index (χ3n) is 3.11. The second-order valence-electron chi connectivity index (χ2n) is 4.45. The van der Waals surface area contributed by atoms with Crippen LogP contribution in [0.25, 0.3) is 0 Å². The summed E-state index contributed by atoms with van der Waals surface area (Å²) in [6, 6.07) is 3.94. The number of nitrogens with zero attached hydrogens (tertiary/aromatic N) is 1. The van der Waals surface area contributed by atoms with E-state index >= 15 is 0 Å². The number of pyridine rings is 1. The van der Waals surface area contributed by atoms with Gasteiger partial charge in [0.05, 0.1) is 12.8 Å². The third kappa shape index (κ3) is 4.73. The van der Waals surface area contributed by atoms with Crippen LogP contribution in [0.3, 0.4) is 0 Å². The number of nitrogens with one attached hydrogen (secondary N) is 1. The van der Waals surface area contributed by atoms with Crippen molar-refractivity contribution in [1.82, 2.24) is 10.3 Å². The van der Waals surface area contributed by atoms with E-state index < -0.39 is 0 Å². The summed E-state index contributed by atoms with van der Waals surface area (Å²) in [6.07, 6.45) is 2.46. The average Bonchev–Trinajstić information content (AvgIpc) is 2.34. The maximum atomic E-state index is 5.24. The predicted octanol–water partition coefficient (Wildman–Crippen LogP) is 2.92. The molecular formula is C14H24N2O. The van der Waals surface area contributed by atoms with E-state index in [-0.39, 0.29) is 0 Å². The van der Waals surface area contributed by atoms with Gasteiger partial charge in [0, 0.05) is 24.4 Å². The molecule has 0 spiro atoms. The summed E-state index contributed by atoms with van der Waals surface area (Å²) in [7, 11) is 1.69. The number of ether oxygens (including phenoxy) is 1. The molecule has 0 unspecified atom stereocenters. The Balaban J connectivity index is 2.48. The van der Waals surface area contributed by atoms with Gasteiger partial charge < -0.3 is 10.1 Å². The SMILES string of the molecule is CCC(CC)CNCc1cc(OC)cc(C)n1. The zero-order chi connectivity index (χ0) is 12.7. The number of rotatable bonds is 7. The fraction of sp³-hybridized carbons (Fsp3) is 0.643. The zero-order valence-electron chi connectivity index (χ0n) is 11.4. The fourth-order valence-corrected chi connectivity index (χ4v) is 1.89. The molecule has 17 heavy (non-hydrogen) atoms. The summed E-state index contributed by atoms with van der Waals surface area (Å²) in [5.41, 5.74) is 2.05. The van der Waals surface area contributed by atoms with Crippen LogP contribution in [0, 0.1) is 12.8 Å². The Labute approximate surface area is 105 Å². The van der Waals surface area contributed by atoms with Gasteiger partial charge in [-0.1, -0.05) is 26.7 Å². The largest absolute Gasteiger partial charge is 0.497 e. The Hall–Kier alpha value is -1.09. The van der Waals surface area contributed by atoms with Gasteiger partial charge in [-0.25, -0.2) is 0 Å². The van der Waals surface area contributed by atoms with Crippen LogP contribution in [-0.2, 0) is 6.54 Å². The lowest BCUT2D eigenvalue weighted by Gasteiger charge is -2.13. The molecule has 0 amide bonds. The van der Waals surface area contributed by atoms with Crippen LogP contribution in [0.15, 0.2) is 12.1 Å². The van der Waals surface area contributed by atoms with Gasteiger partial charge in [0.15, 0.2) is 0 Å². The number of hydrogen-bond donors (Lipinski definition) is 1. The van der Waals surface area contributed by atoms with Crippen LogP contribution in [0.4, 0.5) is 0 Å². The molecule has 1 rings (SSSR count). The van der Waals surface area contributed by atoms with E-state index in [0.29, 0.717) is 0 Å². The van der Waals surface area contributed by atoms with Crippen molar-refractivity contribution in [2.75, 3.05) is 13.7 Å². The highest BCUT2D eigenvalue weighted by atomic mass is 16.5. The molecule has 1 aromatic rings. The molecule has 0 bridgehead atoms. The van der Waals surface area contributed by atoms with Gasteiger partial charge in [-0.05, 0) is 19.4 Å². The molecule has 0 aliphatic rings. The standard InChI is InChI=1S/C14H24N2O/c1-5-12(6-2)9-15-10-13-8-14(17-4)7-11(3)16-13/h7-8,12,15H,5-6,9-10H2,1-4H3. The first kappa shape index (κ1) is 14.0. The first-order valence-corrected chi connectivity index (χ1v) is 6.41. The molecule has 0 aromatic carbocycles. The molecule has 1 aromatic heterocycles. The molecule has 0 saturated carbocycles. The van der Waals surface area contributed by atoms with E-state index in [1.165, 1.54) is 12.8 Å². The quantitative estimate of drug-likeness (QED) is 0.790. The van der Waals surface area contributed by atoms with Gasteiger partial charge >= 0.3 is 0 Å². The lowest BCUT2D eigenvalue weighted by atomic mass is 10.0. The van der Waals surface area contributed by atoms with Crippen molar-refractivity contribution in [2.45, 2.75) is 40.2 Å². The normalized spacial score (nSPS) is 10.9. The predicted molar refractivity (Wildman–Crippen MR) is 71.3 cm³/mol. The Morgan fingerprint density at radius 2 is 2.00 bits per heavy atom. The van der Waals surface area contributed by atoms with Gasteiger partial charge in [-0.2, -0.15) is 0 Å². The molecule has 0 saturated heterocycles. The summed E-state index contributed by atoms with van der Waals surface area (Å²) >= 11 is 0. The van der Waals surface area contributed by atoms with E-state index in [1.54, 1.807) is 7.11 Å². The lowest BCUT2D eigenvalue weighted by Crippen LogP contribution is -2.22. The number of aryl methyl sites for hydroxylation is 1. The summed E-state index contributed by atoms with van der Waals surface area (Å²) < 4.78 is 5.24. The van der Waals surface area contributed by atoms with Crippen molar-refractivity contribution >= 4 is 0 Å². The Morgan fingerprint density at radius 1 is 1.29 bits per heavy atom. The molecule has 0 aliphatic heterocycles. The van der Waals surface area contributed by atoms with Crippen molar-refractivity contribution in [3.63, 3.8) is 0 Å². The summed E-state index contributed by atoms with van der Waals surface area (Å²) in [5, 5.41) is 3.46. The summed E-state index contributed by atoms with van der Waals surface area (Å²) in [6.45, 7) is 8.35. The molecular weight excluding hydrogens is 212 g/mol. The van der Waals surface area contributed by atoms with Gasteiger partial charge in [-0.3, -0.25) is 4.98 Å². The molecule has 3 nitrogen and oxygen atoms in total. The molecule has 1 heterocycles. The molecule has 0 atom stereocenters. The molecule has 0 radical (unpaired) electrons. The van der Waals surface area contributed by atoms with E-state index in [2.05, 4.69) is 24.1 Å². The van der Waals surface area contributed by atoms with Crippen LogP contribution >= 0.6 is 0 Å². The summed E-state index contributed by atoms with van der Waals surface area (Å²) in [4.78, 5) is 4.49. The molecule has 0 fully saturated rings. The van der Waals surface area contributed by atoms with Crippen LogP contribution in [-0.4, -0.2) is 18.6 Å². The number of methoxy groups -OCH3 is 1. The van der Waals surface area contributed by atoms with Crippen molar-refractivity contribution in [1.29, 1.82) is 0 Å². The smallest absolute Gasteiger partial charge is 0.122 e. The first-order chi connectivity index (χ1) is 8.19. The van der Waals surface area contributed by atoms with Gasteiger partial charge in [0.1, 0.15) is 5.75 Å². The van der Waals surface area contributed by atoms with Crippen LogP contribution < -0.4 is 10.1 Å². The second kappa shape index (κ2) is 7.28. The number of aromatic nitrogens is 1. The first-order valence-electron chi connectivity index (χ1n) is 6.41. The summed E-state index contributed by atoms with van der Waals surface area (Å²) in [5.74, 6) is 1.65. The van der Waals surface area contributed by atoms with Crippen LogP contribution in [0.2, 0.25) is 0 Å².